The number of para-hydroxylation sites is 5. The van der Waals surface area contributed by atoms with Gasteiger partial charge in [-0.25, -0.2) is 34.9 Å². The summed E-state index contributed by atoms with van der Waals surface area (Å²) in [7, 11) is 0. The van der Waals surface area contributed by atoms with E-state index in [1.165, 1.54) is 159 Å². The first-order valence-corrected chi connectivity index (χ1v) is 50.0. The number of aromatic nitrogens is 8. The second kappa shape index (κ2) is 31.6. The van der Waals surface area contributed by atoms with Crippen LogP contribution in [0.5, 0.6) is 0 Å². The molecule has 0 radical (unpaired) electrons. The summed E-state index contributed by atoms with van der Waals surface area (Å²) in [5.74, 6) is 2.21. The van der Waals surface area contributed by atoms with E-state index in [1.54, 1.807) is 6.20 Å². The van der Waals surface area contributed by atoms with Gasteiger partial charge in [0.05, 0.1) is 27.9 Å². The van der Waals surface area contributed by atoms with Crippen LogP contribution in [-0.2, 0) is 21.7 Å². The number of rotatable bonds is 5. The molecule has 4 aliphatic rings. The Morgan fingerprint density at radius 2 is 0.589 bits per heavy atom. The summed E-state index contributed by atoms with van der Waals surface area (Å²) in [5.41, 5.74) is 36.9. The molecular weight excluding hydrogens is 1790 g/mol. The van der Waals surface area contributed by atoms with E-state index in [0.717, 1.165) is 144 Å². The van der Waals surface area contributed by atoms with Crippen molar-refractivity contribution in [3.63, 3.8) is 0 Å². The molecular formula is C134H90N8O4. The number of furan rings is 4. The fraction of sp³-hybridized carbons (Fsp3) is 0.0896. The zero-order valence-corrected chi connectivity index (χ0v) is 81.3. The molecule has 32 rings (SSSR count). The van der Waals surface area contributed by atoms with Crippen LogP contribution in [0.3, 0.4) is 0 Å². The number of hydrogen-bond donors (Lipinski definition) is 0. The van der Waals surface area contributed by atoms with Crippen molar-refractivity contribution in [3.05, 3.63) is 446 Å². The number of fused-ring (bicyclic) bond motifs is 40. The molecule has 9 heterocycles. The van der Waals surface area contributed by atoms with Gasteiger partial charge in [-0.05, 0) is 178 Å². The van der Waals surface area contributed by atoms with Gasteiger partial charge in [-0.3, -0.25) is 4.98 Å². The molecule has 0 amide bonds. The summed E-state index contributed by atoms with van der Waals surface area (Å²) >= 11 is 0. The van der Waals surface area contributed by atoms with Gasteiger partial charge in [-0.1, -0.05) is 347 Å². The molecule has 0 N–H and O–H groups in total. The number of nitrogens with zero attached hydrogens (tertiary/aromatic N) is 8. The molecule has 0 atom stereocenters. The van der Waals surface area contributed by atoms with Crippen molar-refractivity contribution in [2.24, 2.45) is 0 Å². The Kier molecular flexibility index (Phi) is 18.3. The predicted octanol–water partition coefficient (Wildman–Crippen LogP) is 35.1. The van der Waals surface area contributed by atoms with Crippen LogP contribution in [-0.4, -0.2) is 39.9 Å². The van der Waals surface area contributed by atoms with E-state index in [0.29, 0.717) is 5.82 Å². The zero-order chi connectivity index (χ0) is 97.5. The van der Waals surface area contributed by atoms with E-state index >= 15 is 0 Å². The van der Waals surface area contributed by atoms with Crippen molar-refractivity contribution in [2.45, 2.75) is 77.0 Å². The number of benzene rings is 19. The molecule has 0 bridgehead atoms. The third-order valence-electron chi connectivity index (χ3n) is 31.9. The molecule has 28 aromatic rings. The monoisotopic (exact) mass is 1870 g/mol. The molecule has 9 aromatic heterocycles. The van der Waals surface area contributed by atoms with Crippen LogP contribution in [0.1, 0.15) is 99.9 Å². The fourth-order valence-electron chi connectivity index (χ4n) is 25.1. The molecule has 0 aliphatic heterocycles. The van der Waals surface area contributed by atoms with E-state index in [-0.39, 0.29) is 21.7 Å². The topological polar surface area (TPSA) is 156 Å². The first kappa shape index (κ1) is 84.6. The van der Waals surface area contributed by atoms with E-state index < -0.39 is 0 Å². The van der Waals surface area contributed by atoms with E-state index in [1.807, 2.05) is 73.3 Å². The smallest absolute Gasteiger partial charge is 0.160 e. The van der Waals surface area contributed by atoms with Crippen LogP contribution < -0.4 is 0 Å². The molecule has 0 saturated carbocycles. The van der Waals surface area contributed by atoms with Gasteiger partial charge in [-0.2, -0.15) is 0 Å². The first-order chi connectivity index (χ1) is 71.5. The molecule has 0 saturated heterocycles. The second-order valence-corrected chi connectivity index (χ2v) is 41.3. The first-order valence-electron chi connectivity index (χ1n) is 50.0. The molecule has 12 nitrogen and oxygen atoms in total. The van der Waals surface area contributed by atoms with Gasteiger partial charge in [0, 0.05) is 173 Å². The lowest BCUT2D eigenvalue weighted by Gasteiger charge is -2.22. The molecule has 0 unspecified atom stereocenters. The average molecular weight is 1880 g/mol. The third-order valence-corrected chi connectivity index (χ3v) is 31.9. The maximum Gasteiger partial charge on any atom is 0.160 e. The summed E-state index contributed by atoms with van der Waals surface area (Å²) in [6.07, 6.45) is 9.45. The van der Waals surface area contributed by atoms with Crippen molar-refractivity contribution in [1.29, 1.82) is 0 Å². The lowest BCUT2D eigenvalue weighted by Crippen LogP contribution is -2.15. The number of hydrogen-bond acceptors (Lipinski definition) is 12. The molecule has 146 heavy (non-hydrogen) atoms. The Hall–Kier alpha value is -18.3. The van der Waals surface area contributed by atoms with Crippen LogP contribution in [0.15, 0.2) is 419 Å². The minimum Gasteiger partial charge on any atom is -0.456 e. The highest BCUT2D eigenvalue weighted by Gasteiger charge is 2.45. The Bertz CT molecular complexity index is 10500. The SMILES string of the molecule is CC1(C)c2ccc(-c3ncc(-c4ccccn4)cn3)cc2-c2ccc3c(oc4ccccc43)c21.CC1(C)c2cccc(-c3nc4ccccc4c4ccccc34)c2-c2ccc3c(oc4ccccc43)c21.CC1(C)c2cccc(-c3ncc4c(ccc5ccccc54)n3)c2-c2ccc3c(oc4ccccc43)c21.CC1(C)c2cccc(-c3ncc4c5ccccc5c5ccccc5c4n3)c2-c2ccc3c(oc4ccccc43)c21. The van der Waals surface area contributed by atoms with Crippen LogP contribution in [0.4, 0.5) is 0 Å². The largest absolute Gasteiger partial charge is 0.456 e. The minimum atomic E-state index is -0.228. The van der Waals surface area contributed by atoms with E-state index in [2.05, 4.69) is 392 Å². The molecule has 0 spiro atoms. The highest BCUT2D eigenvalue weighted by molar-refractivity contribution is 6.25. The van der Waals surface area contributed by atoms with Crippen molar-refractivity contribution in [2.75, 3.05) is 0 Å². The normalized spacial score (nSPS) is 14.0. The van der Waals surface area contributed by atoms with Crippen molar-refractivity contribution >= 4 is 164 Å². The van der Waals surface area contributed by atoms with Crippen LogP contribution in [0.2, 0.25) is 0 Å². The maximum atomic E-state index is 6.52. The molecule has 690 valence electrons. The van der Waals surface area contributed by atoms with E-state index in [4.69, 9.17) is 42.6 Å². The lowest BCUT2D eigenvalue weighted by atomic mass is 9.81. The lowest BCUT2D eigenvalue weighted by molar-refractivity contribution is 0.619. The Morgan fingerprint density at radius 3 is 1.10 bits per heavy atom. The summed E-state index contributed by atoms with van der Waals surface area (Å²) < 4.78 is 25.9. The van der Waals surface area contributed by atoms with Gasteiger partial charge in [0.1, 0.15) is 44.7 Å². The minimum absolute atomic E-state index is 0.166. The van der Waals surface area contributed by atoms with Gasteiger partial charge in [0.2, 0.25) is 0 Å². The van der Waals surface area contributed by atoms with Gasteiger partial charge < -0.3 is 17.7 Å². The average Bonchev–Trinajstić information content (AvgIpc) is 1.91. The van der Waals surface area contributed by atoms with Gasteiger partial charge >= 0.3 is 0 Å². The quantitative estimate of drug-likeness (QED) is 0.151. The highest BCUT2D eigenvalue weighted by atomic mass is 16.3. The summed E-state index contributed by atoms with van der Waals surface area (Å²) in [5, 5.41) is 22.3. The molecule has 0 fully saturated rings. The summed E-state index contributed by atoms with van der Waals surface area (Å²) in [4.78, 5) is 39.2. The van der Waals surface area contributed by atoms with Crippen molar-refractivity contribution in [1.82, 2.24) is 39.9 Å². The highest BCUT2D eigenvalue weighted by Crippen LogP contribution is 2.61. The molecule has 19 aromatic carbocycles. The second-order valence-electron chi connectivity index (χ2n) is 41.3. The van der Waals surface area contributed by atoms with Crippen molar-refractivity contribution < 1.29 is 17.7 Å². The van der Waals surface area contributed by atoms with Gasteiger partial charge in [0.15, 0.2) is 17.5 Å². The maximum absolute atomic E-state index is 6.52. The van der Waals surface area contributed by atoms with Crippen molar-refractivity contribution in [3.8, 4) is 101 Å². The standard InChI is InChI=1S/C37H24N2O.C34H23NO.C33H22N2O.C30H21N3O/c1-37(2)30-16-9-15-28(32(30)27-19-18-26-24-13-7-8-17-31(24)40-35(26)33(27)37)36-38-20-29-23-12-4-3-10-21(23)22-11-5-6-14-25(22)34(29)39-36;1-34(2)27-15-9-14-26(32-23-13-4-3-10-20(23)21-11-5-7-16-28(21)35-32)30(27)25-19-18-24-22-12-6-8-17-29(22)36-33(24)31(25)34;1-33(2)26-12-7-11-24(32-34-18-25-20-9-4-3-8-19(20)14-17-27(25)35-32)29(26)23-16-15-22-21-10-5-6-13-28(21)36-31(22)30(23)33;1-30(2)24-13-10-18(29-32-16-19(17-33-29)25-8-5-6-14-31-25)15-23(24)21-11-12-22-20-7-3-4-9-26(20)34-28(22)27(21)30/h3-20H,1-2H3;3-19H,1-2H3;3-18H,1-2H3;3-17H,1-2H3. The van der Waals surface area contributed by atoms with Crippen LogP contribution >= 0.6 is 0 Å². The summed E-state index contributed by atoms with van der Waals surface area (Å²) in [6, 6.07) is 130. The molecule has 12 heteroatoms. The van der Waals surface area contributed by atoms with Gasteiger partial charge in [-0.15, -0.1) is 0 Å². The Balaban J connectivity index is 0.0000000923. The van der Waals surface area contributed by atoms with Crippen LogP contribution in [0, 0.1) is 0 Å². The fourth-order valence-corrected chi connectivity index (χ4v) is 25.1. The summed E-state index contributed by atoms with van der Waals surface area (Å²) in [6.45, 7) is 18.4. The van der Waals surface area contributed by atoms with E-state index in [9.17, 15) is 0 Å². The predicted molar refractivity (Wildman–Crippen MR) is 597 cm³/mol. The zero-order valence-electron chi connectivity index (χ0n) is 81.3. The van der Waals surface area contributed by atoms with Gasteiger partial charge in [0.25, 0.3) is 0 Å². The molecule has 4 aliphatic carbocycles. The Morgan fingerprint density at radius 1 is 0.205 bits per heavy atom. The number of pyridine rings is 2. The third kappa shape index (κ3) is 12.4. The Labute approximate surface area is 839 Å². The van der Waals surface area contributed by atoms with Crippen LogP contribution in [0.25, 0.3) is 265 Å².